The van der Waals surface area contributed by atoms with Gasteiger partial charge in [0.25, 0.3) is 0 Å². The molecule has 1 saturated carbocycles. The quantitative estimate of drug-likeness (QED) is 0.863. The summed E-state index contributed by atoms with van der Waals surface area (Å²) in [6, 6.07) is 5.04. The predicted molar refractivity (Wildman–Crippen MR) is 81.8 cm³/mol. The molecule has 2 aliphatic rings. The molecular weight excluding hydrogens is 248 g/mol. The van der Waals surface area contributed by atoms with Crippen molar-refractivity contribution < 1.29 is 4.42 Å². The normalized spacial score (nSPS) is 29.9. The summed E-state index contributed by atoms with van der Waals surface area (Å²) in [7, 11) is 0. The van der Waals surface area contributed by atoms with Crippen LogP contribution < -0.4 is 5.32 Å². The smallest absolute Gasteiger partial charge is 0.118 e. The van der Waals surface area contributed by atoms with Gasteiger partial charge in [0.1, 0.15) is 11.5 Å². The highest BCUT2D eigenvalue weighted by Gasteiger charge is 2.36. The third-order valence-corrected chi connectivity index (χ3v) is 4.87. The Labute approximate surface area is 122 Å². The summed E-state index contributed by atoms with van der Waals surface area (Å²) in [6.07, 6.45) is 5.33. The highest BCUT2D eigenvalue weighted by molar-refractivity contribution is 5.17. The van der Waals surface area contributed by atoms with E-state index in [9.17, 15) is 0 Å². The van der Waals surface area contributed by atoms with Crippen molar-refractivity contribution in [3.8, 4) is 0 Å². The van der Waals surface area contributed by atoms with Crippen molar-refractivity contribution in [3.05, 3.63) is 23.7 Å². The molecule has 3 unspecified atom stereocenters. The van der Waals surface area contributed by atoms with Gasteiger partial charge in [-0.25, -0.2) is 0 Å². The Balaban J connectivity index is 1.52. The summed E-state index contributed by atoms with van der Waals surface area (Å²) in [4.78, 5) is 2.50. The van der Waals surface area contributed by atoms with Gasteiger partial charge in [-0.15, -0.1) is 0 Å². The van der Waals surface area contributed by atoms with E-state index in [1.165, 1.54) is 38.0 Å². The Kier molecular flexibility index (Phi) is 4.47. The van der Waals surface area contributed by atoms with E-state index >= 15 is 0 Å². The van der Waals surface area contributed by atoms with Gasteiger partial charge in [0.05, 0.1) is 6.54 Å². The molecule has 112 valence electrons. The number of hydrogen-bond acceptors (Lipinski definition) is 3. The van der Waals surface area contributed by atoms with E-state index in [0.717, 1.165) is 31.3 Å². The van der Waals surface area contributed by atoms with Crippen molar-refractivity contribution >= 4 is 0 Å². The zero-order chi connectivity index (χ0) is 13.9. The van der Waals surface area contributed by atoms with Crippen LogP contribution in [0.25, 0.3) is 0 Å². The van der Waals surface area contributed by atoms with Gasteiger partial charge in [-0.3, -0.25) is 4.90 Å². The lowest BCUT2D eigenvalue weighted by Gasteiger charge is -2.29. The van der Waals surface area contributed by atoms with Gasteiger partial charge in [0.2, 0.25) is 0 Å². The third-order valence-electron chi connectivity index (χ3n) is 4.87. The zero-order valence-electron chi connectivity index (χ0n) is 12.9. The zero-order valence-corrected chi connectivity index (χ0v) is 12.9. The monoisotopic (exact) mass is 276 g/mol. The first kappa shape index (κ1) is 14.2. The average Bonchev–Trinajstić information content (AvgIpc) is 3.02. The van der Waals surface area contributed by atoms with Crippen LogP contribution in [0.2, 0.25) is 0 Å². The summed E-state index contributed by atoms with van der Waals surface area (Å²) < 4.78 is 6.04. The largest absolute Gasteiger partial charge is 0.464 e. The number of likely N-dealkylation sites (N-methyl/N-ethyl adjacent to an activating group) is 1. The second kappa shape index (κ2) is 6.31. The van der Waals surface area contributed by atoms with Gasteiger partial charge < -0.3 is 9.73 Å². The molecule has 3 rings (SSSR count). The molecule has 1 aliphatic carbocycles. The fraction of sp³-hybridized carbons (Fsp3) is 0.765. The molecule has 2 heterocycles. The predicted octanol–water partition coefficient (Wildman–Crippen LogP) is 3.37. The topological polar surface area (TPSA) is 28.4 Å². The summed E-state index contributed by atoms with van der Waals surface area (Å²) in [5.74, 6) is 3.86. The van der Waals surface area contributed by atoms with Crippen LogP contribution in [0.15, 0.2) is 16.5 Å². The van der Waals surface area contributed by atoms with Gasteiger partial charge >= 0.3 is 0 Å². The molecule has 0 bridgehead atoms. The highest BCUT2D eigenvalue weighted by Crippen LogP contribution is 2.47. The molecule has 0 radical (unpaired) electrons. The van der Waals surface area contributed by atoms with Crippen LogP contribution in [0.3, 0.4) is 0 Å². The van der Waals surface area contributed by atoms with E-state index in [-0.39, 0.29) is 0 Å². The molecule has 0 aromatic carbocycles. The standard InChI is InChI=1S/C17H28N2O/c1-3-19(11-14-6-4-5-9-18-14)12-15-7-8-17(20-15)16-10-13(16)2/h7-8,13-14,16,18H,3-6,9-12H2,1-2H3. The van der Waals surface area contributed by atoms with E-state index in [2.05, 4.69) is 36.2 Å². The fourth-order valence-corrected chi connectivity index (χ4v) is 3.31. The minimum absolute atomic E-state index is 0.668. The first-order valence-corrected chi connectivity index (χ1v) is 8.30. The summed E-state index contributed by atoms with van der Waals surface area (Å²) in [5.41, 5.74) is 0. The number of rotatable bonds is 6. The average molecular weight is 276 g/mol. The van der Waals surface area contributed by atoms with Crippen LogP contribution in [-0.4, -0.2) is 30.6 Å². The van der Waals surface area contributed by atoms with Crippen molar-refractivity contribution in [3.63, 3.8) is 0 Å². The molecule has 1 N–H and O–H groups in total. The van der Waals surface area contributed by atoms with Crippen LogP contribution in [0.5, 0.6) is 0 Å². The maximum absolute atomic E-state index is 6.04. The Hall–Kier alpha value is -0.800. The molecule has 3 nitrogen and oxygen atoms in total. The van der Waals surface area contributed by atoms with Crippen LogP contribution in [0, 0.1) is 5.92 Å². The molecule has 1 aromatic heterocycles. The van der Waals surface area contributed by atoms with Crippen LogP contribution in [0.1, 0.15) is 57.0 Å². The van der Waals surface area contributed by atoms with E-state index in [4.69, 9.17) is 4.42 Å². The number of hydrogen-bond donors (Lipinski definition) is 1. The molecule has 0 amide bonds. The molecule has 0 spiro atoms. The molecule has 1 aliphatic heterocycles. The maximum Gasteiger partial charge on any atom is 0.118 e. The van der Waals surface area contributed by atoms with Gasteiger partial charge in [-0.2, -0.15) is 0 Å². The fourth-order valence-electron chi connectivity index (χ4n) is 3.31. The number of piperidine rings is 1. The number of nitrogens with one attached hydrogen (secondary N) is 1. The lowest BCUT2D eigenvalue weighted by atomic mass is 10.0. The van der Waals surface area contributed by atoms with Crippen LogP contribution in [-0.2, 0) is 6.54 Å². The summed E-state index contributed by atoms with van der Waals surface area (Å²) >= 11 is 0. The molecular formula is C17H28N2O. The van der Waals surface area contributed by atoms with E-state index in [1.807, 2.05) is 0 Å². The minimum Gasteiger partial charge on any atom is -0.464 e. The second-order valence-electron chi connectivity index (χ2n) is 6.60. The Bertz CT molecular complexity index is 422. The van der Waals surface area contributed by atoms with E-state index in [1.54, 1.807) is 0 Å². The highest BCUT2D eigenvalue weighted by atomic mass is 16.3. The first-order valence-electron chi connectivity index (χ1n) is 8.30. The molecule has 20 heavy (non-hydrogen) atoms. The van der Waals surface area contributed by atoms with E-state index < -0.39 is 0 Å². The SMILES string of the molecule is CCN(Cc1ccc(C2CC2C)o1)CC1CCCCN1. The maximum atomic E-state index is 6.04. The third kappa shape index (κ3) is 3.44. The van der Waals surface area contributed by atoms with Crippen molar-refractivity contribution in [2.24, 2.45) is 5.92 Å². The van der Waals surface area contributed by atoms with Gasteiger partial charge in [-0.05, 0) is 50.4 Å². The molecule has 1 saturated heterocycles. The molecule has 3 atom stereocenters. The van der Waals surface area contributed by atoms with Crippen molar-refractivity contribution in [2.75, 3.05) is 19.6 Å². The van der Waals surface area contributed by atoms with Crippen LogP contribution >= 0.6 is 0 Å². The molecule has 3 heteroatoms. The summed E-state index contributed by atoms with van der Waals surface area (Å²) in [5, 5.41) is 3.64. The van der Waals surface area contributed by atoms with Crippen molar-refractivity contribution in [1.29, 1.82) is 0 Å². The molecule has 2 fully saturated rings. The van der Waals surface area contributed by atoms with Gasteiger partial charge in [0.15, 0.2) is 0 Å². The van der Waals surface area contributed by atoms with Crippen molar-refractivity contribution in [2.45, 2.75) is 58.0 Å². The minimum atomic E-state index is 0.668. The Morgan fingerprint density at radius 3 is 2.85 bits per heavy atom. The Morgan fingerprint density at radius 1 is 1.35 bits per heavy atom. The lowest BCUT2D eigenvalue weighted by molar-refractivity contribution is 0.210. The lowest BCUT2D eigenvalue weighted by Crippen LogP contribution is -2.43. The van der Waals surface area contributed by atoms with Crippen LogP contribution in [0.4, 0.5) is 0 Å². The second-order valence-corrected chi connectivity index (χ2v) is 6.60. The number of nitrogens with zero attached hydrogens (tertiary/aromatic N) is 1. The number of furan rings is 1. The van der Waals surface area contributed by atoms with Gasteiger partial charge in [-0.1, -0.05) is 20.3 Å². The Morgan fingerprint density at radius 2 is 2.20 bits per heavy atom. The van der Waals surface area contributed by atoms with E-state index in [0.29, 0.717) is 12.0 Å². The van der Waals surface area contributed by atoms with Crippen molar-refractivity contribution in [1.82, 2.24) is 10.2 Å². The first-order chi connectivity index (χ1) is 9.76. The van der Waals surface area contributed by atoms with Gasteiger partial charge in [0, 0.05) is 18.5 Å². The summed E-state index contributed by atoms with van der Waals surface area (Å²) in [6.45, 7) is 8.93. The molecule has 1 aromatic rings.